The molecule has 142 valence electrons. The van der Waals surface area contributed by atoms with Crippen LogP contribution in [0.2, 0.25) is 0 Å². The number of furan rings is 1. The molecule has 0 aliphatic carbocycles. The average Bonchev–Trinajstić information content (AvgIpc) is 3.19. The van der Waals surface area contributed by atoms with E-state index < -0.39 is 0 Å². The van der Waals surface area contributed by atoms with Crippen LogP contribution in [0.15, 0.2) is 52.1 Å². The van der Waals surface area contributed by atoms with Crippen LogP contribution in [0.4, 0.5) is 0 Å². The number of hydrogen-bond donors (Lipinski definition) is 3. The molecule has 0 radical (unpaired) electrons. The number of rotatable bonds is 11. The number of aliphatic hydroxyl groups is 1. The molecule has 0 amide bonds. The summed E-state index contributed by atoms with van der Waals surface area (Å²) in [6.07, 6.45) is 2.45. The maximum Gasteiger partial charge on any atom is 0.191 e. The van der Waals surface area contributed by atoms with E-state index in [1.54, 1.807) is 13.4 Å². The van der Waals surface area contributed by atoms with E-state index in [1.807, 2.05) is 36.4 Å². The maximum absolute atomic E-state index is 8.73. The van der Waals surface area contributed by atoms with Gasteiger partial charge in [-0.2, -0.15) is 0 Å². The van der Waals surface area contributed by atoms with Crippen LogP contribution >= 0.6 is 0 Å². The van der Waals surface area contributed by atoms with Crippen molar-refractivity contribution in [1.29, 1.82) is 0 Å². The smallest absolute Gasteiger partial charge is 0.191 e. The molecule has 0 fully saturated rings. The van der Waals surface area contributed by atoms with Crippen molar-refractivity contribution in [3.63, 3.8) is 0 Å². The number of aliphatic hydroxyl groups excluding tert-OH is 1. The predicted octanol–water partition coefficient (Wildman–Crippen LogP) is 1.58. The topological polar surface area (TPSA) is 88.2 Å². The molecule has 0 bridgehead atoms. The van der Waals surface area contributed by atoms with E-state index in [4.69, 9.17) is 19.0 Å². The summed E-state index contributed by atoms with van der Waals surface area (Å²) in [5.74, 6) is 2.46. The Hall–Kier alpha value is -2.51. The molecule has 2 aromatic rings. The Bertz CT molecular complexity index is 627. The van der Waals surface area contributed by atoms with Gasteiger partial charge in [-0.25, -0.2) is 4.99 Å². The van der Waals surface area contributed by atoms with E-state index in [0.29, 0.717) is 38.8 Å². The summed E-state index contributed by atoms with van der Waals surface area (Å²) in [6, 6.07) is 11.7. The highest BCUT2D eigenvalue weighted by Crippen LogP contribution is 2.11. The third-order valence-electron chi connectivity index (χ3n) is 3.60. The van der Waals surface area contributed by atoms with Gasteiger partial charge in [-0.05, 0) is 29.8 Å². The van der Waals surface area contributed by atoms with Gasteiger partial charge in [0, 0.05) is 19.5 Å². The van der Waals surface area contributed by atoms with Crippen molar-refractivity contribution in [3.8, 4) is 5.75 Å². The van der Waals surface area contributed by atoms with E-state index in [9.17, 15) is 0 Å². The molecule has 7 nitrogen and oxygen atoms in total. The number of guanidine groups is 1. The lowest BCUT2D eigenvalue weighted by molar-refractivity contribution is 0.0957. The lowest BCUT2D eigenvalue weighted by Crippen LogP contribution is -2.40. The van der Waals surface area contributed by atoms with E-state index in [0.717, 1.165) is 23.5 Å². The molecule has 0 aliphatic heterocycles. The van der Waals surface area contributed by atoms with Crippen molar-refractivity contribution in [2.75, 3.05) is 40.0 Å². The van der Waals surface area contributed by atoms with E-state index in [1.165, 1.54) is 0 Å². The highest BCUT2D eigenvalue weighted by Gasteiger charge is 2.01. The number of ether oxygens (including phenoxy) is 2. The summed E-state index contributed by atoms with van der Waals surface area (Å²) in [7, 11) is 1.65. The minimum Gasteiger partial charge on any atom is -0.497 e. The zero-order chi connectivity index (χ0) is 18.5. The maximum atomic E-state index is 8.73. The first-order valence-corrected chi connectivity index (χ1v) is 8.68. The third kappa shape index (κ3) is 7.58. The Balaban J connectivity index is 1.84. The van der Waals surface area contributed by atoms with Crippen LogP contribution in [0.1, 0.15) is 11.3 Å². The molecule has 0 atom stereocenters. The predicted molar refractivity (Wildman–Crippen MR) is 100 cm³/mol. The van der Waals surface area contributed by atoms with Gasteiger partial charge in [0.25, 0.3) is 0 Å². The van der Waals surface area contributed by atoms with Crippen molar-refractivity contribution in [2.45, 2.75) is 13.0 Å². The van der Waals surface area contributed by atoms with Gasteiger partial charge in [0.15, 0.2) is 5.96 Å². The molecular formula is C19H27N3O4. The van der Waals surface area contributed by atoms with Crippen LogP contribution < -0.4 is 15.4 Å². The summed E-state index contributed by atoms with van der Waals surface area (Å²) >= 11 is 0. The quantitative estimate of drug-likeness (QED) is 0.320. The van der Waals surface area contributed by atoms with Crippen molar-refractivity contribution >= 4 is 5.96 Å². The molecule has 3 N–H and O–H groups in total. The van der Waals surface area contributed by atoms with Crippen molar-refractivity contribution in [1.82, 2.24) is 10.6 Å². The van der Waals surface area contributed by atoms with Gasteiger partial charge in [-0.15, -0.1) is 0 Å². The standard InChI is InChI=1S/C19H27N3O4/c1-24-17-6-4-16(5-7-17)15-22-19(21-10-13-25-14-11-23)20-9-8-18-3-2-12-26-18/h2-7,12,23H,8-11,13-15H2,1H3,(H2,20,21,22). The highest BCUT2D eigenvalue weighted by molar-refractivity contribution is 5.79. The lowest BCUT2D eigenvalue weighted by Gasteiger charge is -2.12. The first kappa shape index (κ1) is 19.8. The van der Waals surface area contributed by atoms with Crippen LogP contribution in [-0.2, 0) is 17.7 Å². The van der Waals surface area contributed by atoms with Crippen LogP contribution in [0.5, 0.6) is 5.75 Å². The lowest BCUT2D eigenvalue weighted by atomic mass is 10.2. The van der Waals surface area contributed by atoms with Crippen LogP contribution in [0.3, 0.4) is 0 Å². The fourth-order valence-electron chi connectivity index (χ4n) is 2.24. The Labute approximate surface area is 154 Å². The van der Waals surface area contributed by atoms with Gasteiger partial charge in [0.1, 0.15) is 11.5 Å². The largest absolute Gasteiger partial charge is 0.497 e. The number of hydrogen-bond acceptors (Lipinski definition) is 5. The monoisotopic (exact) mass is 361 g/mol. The number of nitrogens with one attached hydrogen (secondary N) is 2. The van der Waals surface area contributed by atoms with Gasteiger partial charge >= 0.3 is 0 Å². The van der Waals surface area contributed by atoms with E-state index in [2.05, 4.69) is 15.6 Å². The molecule has 0 saturated carbocycles. The summed E-state index contributed by atoms with van der Waals surface area (Å²) in [4.78, 5) is 4.60. The fraction of sp³-hybridized carbons (Fsp3) is 0.421. The molecule has 0 saturated heterocycles. The zero-order valence-electron chi connectivity index (χ0n) is 15.1. The van der Waals surface area contributed by atoms with Crippen molar-refractivity contribution in [2.24, 2.45) is 4.99 Å². The Morgan fingerprint density at radius 2 is 1.92 bits per heavy atom. The Morgan fingerprint density at radius 3 is 2.62 bits per heavy atom. The molecule has 0 spiro atoms. The van der Waals surface area contributed by atoms with Gasteiger partial charge in [0.2, 0.25) is 0 Å². The minimum absolute atomic E-state index is 0.0276. The Morgan fingerprint density at radius 1 is 1.12 bits per heavy atom. The van der Waals surface area contributed by atoms with Crippen LogP contribution in [-0.4, -0.2) is 51.1 Å². The van der Waals surface area contributed by atoms with Crippen LogP contribution in [0.25, 0.3) is 0 Å². The third-order valence-corrected chi connectivity index (χ3v) is 3.60. The van der Waals surface area contributed by atoms with Gasteiger partial charge in [-0.1, -0.05) is 12.1 Å². The van der Waals surface area contributed by atoms with Crippen molar-refractivity contribution in [3.05, 3.63) is 54.0 Å². The van der Waals surface area contributed by atoms with E-state index in [-0.39, 0.29) is 6.61 Å². The zero-order valence-corrected chi connectivity index (χ0v) is 15.1. The molecule has 26 heavy (non-hydrogen) atoms. The molecule has 2 rings (SSSR count). The highest BCUT2D eigenvalue weighted by atomic mass is 16.5. The molecule has 7 heteroatoms. The van der Waals surface area contributed by atoms with Crippen LogP contribution in [0, 0.1) is 0 Å². The second-order valence-electron chi connectivity index (χ2n) is 5.53. The number of aliphatic imine (C=N–C) groups is 1. The summed E-state index contributed by atoms with van der Waals surface area (Å²) in [6.45, 7) is 2.74. The fourth-order valence-corrected chi connectivity index (χ4v) is 2.24. The molecular weight excluding hydrogens is 334 g/mol. The number of benzene rings is 1. The van der Waals surface area contributed by atoms with Gasteiger partial charge < -0.3 is 29.6 Å². The summed E-state index contributed by atoms with van der Waals surface area (Å²) in [5.41, 5.74) is 1.09. The first-order valence-electron chi connectivity index (χ1n) is 8.68. The second-order valence-corrected chi connectivity index (χ2v) is 5.53. The minimum atomic E-state index is 0.0276. The second kappa shape index (κ2) is 11.9. The first-order chi connectivity index (χ1) is 12.8. The summed E-state index contributed by atoms with van der Waals surface area (Å²) < 4.78 is 15.8. The average molecular weight is 361 g/mol. The SMILES string of the molecule is COc1ccc(CN=C(NCCOCCO)NCCc2ccco2)cc1. The molecule has 1 aromatic heterocycles. The molecule has 0 unspecified atom stereocenters. The molecule has 1 aromatic carbocycles. The molecule has 0 aliphatic rings. The molecule has 1 heterocycles. The van der Waals surface area contributed by atoms with Gasteiger partial charge in [0.05, 0.1) is 39.7 Å². The number of methoxy groups -OCH3 is 1. The van der Waals surface area contributed by atoms with Crippen molar-refractivity contribution < 1.29 is 19.0 Å². The summed E-state index contributed by atoms with van der Waals surface area (Å²) in [5, 5.41) is 15.2. The van der Waals surface area contributed by atoms with E-state index >= 15 is 0 Å². The Kier molecular flexibility index (Phi) is 9.10. The van der Waals surface area contributed by atoms with Gasteiger partial charge in [-0.3, -0.25) is 0 Å². The normalized spacial score (nSPS) is 11.4. The number of nitrogens with zero attached hydrogens (tertiary/aromatic N) is 1.